The highest BCUT2D eigenvalue weighted by molar-refractivity contribution is 8.01. The Kier molecular flexibility index (Phi) is 6.07. The van der Waals surface area contributed by atoms with E-state index in [1.807, 2.05) is 6.07 Å². The zero-order valence-electron chi connectivity index (χ0n) is 14.4. The maximum absolute atomic E-state index is 12.2. The quantitative estimate of drug-likeness (QED) is 0.566. The fourth-order valence-electron chi connectivity index (χ4n) is 2.34. The van der Waals surface area contributed by atoms with Crippen molar-refractivity contribution in [3.63, 3.8) is 0 Å². The van der Waals surface area contributed by atoms with Crippen molar-refractivity contribution in [1.29, 1.82) is 0 Å². The normalized spacial score (nSPS) is 11.7. The first kappa shape index (κ1) is 20.1. The summed E-state index contributed by atoms with van der Waals surface area (Å²) in [5.41, 5.74) is 1.83. The molecule has 0 aliphatic rings. The van der Waals surface area contributed by atoms with E-state index in [1.165, 1.54) is 36.2 Å². The minimum Gasteiger partial charge on any atom is -0.325 e. The Morgan fingerprint density at radius 3 is 2.78 bits per heavy atom. The summed E-state index contributed by atoms with van der Waals surface area (Å²) in [5.74, 6) is -0.0795. The maximum Gasteiger partial charge on any atom is 0.240 e. The number of hydrogen-bond donors (Lipinski definition) is 2. The summed E-state index contributed by atoms with van der Waals surface area (Å²) in [6.07, 6.45) is 0. The minimum atomic E-state index is -3.59. The lowest BCUT2D eigenvalue weighted by Crippen LogP contribution is -2.20. The second kappa shape index (κ2) is 8.15. The van der Waals surface area contributed by atoms with E-state index in [4.69, 9.17) is 11.6 Å². The van der Waals surface area contributed by atoms with Crippen LogP contribution >= 0.6 is 34.7 Å². The number of benzene rings is 2. The third kappa shape index (κ3) is 4.80. The van der Waals surface area contributed by atoms with Crippen molar-refractivity contribution >= 4 is 66.5 Å². The van der Waals surface area contributed by atoms with Crippen molar-refractivity contribution in [3.8, 4) is 0 Å². The average molecular weight is 442 g/mol. The molecule has 0 saturated carbocycles. The Morgan fingerprint density at radius 1 is 1.26 bits per heavy atom. The van der Waals surface area contributed by atoms with Crippen LogP contribution in [0.3, 0.4) is 0 Å². The molecule has 0 bridgehead atoms. The number of nitrogens with zero attached hydrogens (tertiary/aromatic N) is 1. The highest BCUT2D eigenvalue weighted by Gasteiger charge is 2.16. The van der Waals surface area contributed by atoms with Crippen LogP contribution in [0.4, 0.5) is 5.69 Å². The van der Waals surface area contributed by atoms with Gasteiger partial charge in [-0.1, -0.05) is 29.4 Å². The third-order valence-corrected chi connectivity index (χ3v) is 7.66. The molecule has 3 rings (SSSR count). The van der Waals surface area contributed by atoms with Gasteiger partial charge >= 0.3 is 0 Å². The summed E-state index contributed by atoms with van der Waals surface area (Å²) in [4.78, 5) is 16.8. The highest BCUT2D eigenvalue weighted by Crippen LogP contribution is 2.31. The molecule has 142 valence electrons. The van der Waals surface area contributed by atoms with Gasteiger partial charge in [0.2, 0.25) is 15.9 Å². The molecule has 1 aromatic heterocycles. The first-order valence-electron chi connectivity index (χ1n) is 7.81. The molecule has 2 aromatic carbocycles. The largest absolute Gasteiger partial charge is 0.325 e. The fraction of sp³-hybridized carbons (Fsp3) is 0.176. The van der Waals surface area contributed by atoms with E-state index in [0.717, 1.165) is 14.6 Å². The van der Waals surface area contributed by atoms with Crippen LogP contribution in [0.25, 0.3) is 10.2 Å². The van der Waals surface area contributed by atoms with E-state index in [1.54, 1.807) is 31.2 Å². The van der Waals surface area contributed by atoms with E-state index in [-0.39, 0.29) is 16.6 Å². The molecule has 0 fully saturated rings. The molecule has 27 heavy (non-hydrogen) atoms. The molecule has 0 radical (unpaired) electrons. The number of aromatic nitrogens is 1. The monoisotopic (exact) mass is 441 g/mol. The smallest absolute Gasteiger partial charge is 0.240 e. The number of sulfonamides is 1. The van der Waals surface area contributed by atoms with Crippen LogP contribution in [0.1, 0.15) is 5.56 Å². The Hall–Kier alpha value is -1.65. The molecule has 1 heterocycles. The number of fused-ring (bicyclic) bond motifs is 1. The van der Waals surface area contributed by atoms with E-state index >= 15 is 0 Å². The molecule has 1 amide bonds. The van der Waals surface area contributed by atoms with E-state index in [0.29, 0.717) is 16.3 Å². The lowest BCUT2D eigenvalue weighted by molar-refractivity contribution is -0.113. The summed E-state index contributed by atoms with van der Waals surface area (Å²) >= 11 is 8.77. The number of rotatable bonds is 6. The molecule has 2 N–H and O–H groups in total. The van der Waals surface area contributed by atoms with E-state index in [9.17, 15) is 13.2 Å². The second-order valence-corrected chi connectivity index (χ2v) is 10.2. The zero-order valence-corrected chi connectivity index (χ0v) is 17.7. The average Bonchev–Trinajstić information content (AvgIpc) is 3.03. The van der Waals surface area contributed by atoms with Gasteiger partial charge in [-0.25, -0.2) is 18.1 Å². The molecule has 0 atom stereocenters. The van der Waals surface area contributed by atoms with Gasteiger partial charge in [-0.15, -0.1) is 11.3 Å². The molecule has 0 aliphatic heterocycles. The third-order valence-electron chi connectivity index (χ3n) is 3.69. The number of anilines is 1. The molecular formula is C17H16ClN3O3S3. The fourth-order valence-corrected chi connectivity index (χ4v) is 5.35. The van der Waals surface area contributed by atoms with Gasteiger partial charge in [0.15, 0.2) is 4.34 Å². The Balaban J connectivity index is 1.67. The SMILES string of the molecule is CNS(=O)(=O)c1cc(NC(=O)CSc2nc3cc(Cl)ccc3s2)ccc1C. The number of carbonyl (C=O) groups excluding carboxylic acids is 1. The van der Waals surface area contributed by atoms with Crippen molar-refractivity contribution in [1.82, 2.24) is 9.71 Å². The summed E-state index contributed by atoms with van der Waals surface area (Å²) in [5, 5.41) is 3.34. The van der Waals surface area contributed by atoms with Crippen molar-refractivity contribution in [3.05, 3.63) is 47.0 Å². The van der Waals surface area contributed by atoms with E-state index < -0.39 is 10.0 Å². The topological polar surface area (TPSA) is 88.2 Å². The van der Waals surface area contributed by atoms with Gasteiger partial charge < -0.3 is 5.32 Å². The zero-order chi connectivity index (χ0) is 19.6. The first-order valence-corrected chi connectivity index (χ1v) is 11.5. The molecule has 10 heteroatoms. The van der Waals surface area contributed by atoms with Crippen LogP contribution in [0.5, 0.6) is 0 Å². The number of aryl methyl sites for hydroxylation is 1. The van der Waals surface area contributed by atoms with Crippen LogP contribution in [0, 0.1) is 6.92 Å². The van der Waals surface area contributed by atoms with Gasteiger partial charge in [-0.2, -0.15) is 0 Å². The molecule has 3 aromatic rings. The first-order chi connectivity index (χ1) is 12.8. The summed E-state index contributed by atoms with van der Waals surface area (Å²) in [7, 11) is -2.24. The molecule has 0 unspecified atom stereocenters. The predicted molar refractivity (Wildman–Crippen MR) is 111 cm³/mol. The molecular weight excluding hydrogens is 426 g/mol. The summed E-state index contributed by atoms with van der Waals surface area (Å²) in [6, 6.07) is 10.3. The van der Waals surface area contributed by atoms with Crippen LogP contribution < -0.4 is 10.0 Å². The summed E-state index contributed by atoms with van der Waals surface area (Å²) < 4.78 is 28.1. The number of thiazole rings is 1. The number of carbonyl (C=O) groups is 1. The predicted octanol–water partition coefficient (Wildman–Crippen LogP) is 3.90. The maximum atomic E-state index is 12.2. The van der Waals surface area contributed by atoms with Gasteiger partial charge in [0, 0.05) is 10.7 Å². The Bertz CT molecular complexity index is 1110. The number of amides is 1. The Morgan fingerprint density at radius 2 is 2.04 bits per heavy atom. The van der Waals surface area contributed by atoms with Crippen molar-refractivity contribution in [2.24, 2.45) is 0 Å². The van der Waals surface area contributed by atoms with Crippen LogP contribution in [-0.4, -0.2) is 32.1 Å². The Labute approximate surface area is 170 Å². The van der Waals surface area contributed by atoms with Crippen molar-refractivity contribution in [2.45, 2.75) is 16.2 Å². The van der Waals surface area contributed by atoms with Crippen LogP contribution in [0.2, 0.25) is 5.02 Å². The van der Waals surface area contributed by atoms with Gasteiger partial charge in [0.05, 0.1) is 20.9 Å². The number of nitrogens with one attached hydrogen (secondary N) is 2. The number of hydrogen-bond acceptors (Lipinski definition) is 6. The lowest BCUT2D eigenvalue weighted by Gasteiger charge is -2.10. The number of halogens is 1. The second-order valence-electron chi connectivity index (χ2n) is 5.62. The minimum absolute atomic E-state index is 0.138. The molecule has 0 spiro atoms. The molecule has 0 saturated heterocycles. The van der Waals surface area contributed by atoms with Crippen molar-refractivity contribution in [2.75, 3.05) is 18.1 Å². The van der Waals surface area contributed by atoms with Gasteiger partial charge in [0.25, 0.3) is 0 Å². The van der Waals surface area contributed by atoms with Crippen LogP contribution in [0.15, 0.2) is 45.6 Å². The van der Waals surface area contributed by atoms with Crippen LogP contribution in [-0.2, 0) is 14.8 Å². The standard InChI is InChI=1S/C17H16ClN3O3S3/c1-10-3-5-12(8-15(10)27(23,24)19-2)20-16(22)9-25-17-21-13-7-11(18)4-6-14(13)26-17/h3-8,19H,9H2,1-2H3,(H,20,22). The van der Waals surface area contributed by atoms with Crippen molar-refractivity contribution < 1.29 is 13.2 Å². The van der Waals surface area contributed by atoms with Gasteiger partial charge in [-0.05, 0) is 49.9 Å². The molecule has 0 aliphatic carbocycles. The van der Waals surface area contributed by atoms with Gasteiger partial charge in [0.1, 0.15) is 0 Å². The number of thioether (sulfide) groups is 1. The van der Waals surface area contributed by atoms with E-state index in [2.05, 4.69) is 15.0 Å². The molecule has 6 nitrogen and oxygen atoms in total. The van der Waals surface area contributed by atoms with Gasteiger partial charge in [-0.3, -0.25) is 4.79 Å². The highest BCUT2D eigenvalue weighted by atomic mass is 35.5. The lowest BCUT2D eigenvalue weighted by atomic mass is 10.2. The summed E-state index contributed by atoms with van der Waals surface area (Å²) in [6.45, 7) is 1.70.